The monoisotopic (exact) mass is 223 g/mol. The van der Waals surface area contributed by atoms with Gasteiger partial charge in [0.2, 0.25) is 6.79 Å². The minimum Gasteiger partial charge on any atom is -0.454 e. The molecule has 1 aliphatic rings. The quantitative estimate of drug-likeness (QED) is 0.789. The first-order valence-corrected chi connectivity index (χ1v) is 5.53. The van der Waals surface area contributed by atoms with Crippen LogP contribution in [0.2, 0.25) is 0 Å². The molecule has 0 radical (unpaired) electrons. The Morgan fingerprint density at radius 2 is 2.31 bits per heavy atom. The van der Waals surface area contributed by atoms with Crippen LogP contribution in [0.15, 0.2) is 18.2 Å². The number of para-hydroxylation sites is 1. The molecule has 0 spiro atoms. The molecule has 1 aromatic carbocycles. The van der Waals surface area contributed by atoms with E-state index < -0.39 is 0 Å². The van der Waals surface area contributed by atoms with Gasteiger partial charge in [0.15, 0.2) is 11.5 Å². The van der Waals surface area contributed by atoms with Crippen molar-refractivity contribution in [2.45, 2.75) is 25.9 Å². The zero-order chi connectivity index (χ0) is 11.4. The van der Waals surface area contributed by atoms with Crippen LogP contribution < -0.4 is 14.8 Å². The summed E-state index contributed by atoms with van der Waals surface area (Å²) in [5, 5.41) is 12.1. The Hall–Kier alpha value is -1.26. The highest BCUT2D eigenvalue weighted by atomic mass is 16.7. The molecule has 1 aliphatic heterocycles. The number of hydrogen-bond donors (Lipinski definition) is 2. The third-order valence-corrected chi connectivity index (χ3v) is 2.68. The molecule has 1 heterocycles. The minimum atomic E-state index is 0.209. The van der Waals surface area contributed by atoms with Gasteiger partial charge in [0.05, 0.1) is 0 Å². The molecule has 88 valence electrons. The van der Waals surface area contributed by atoms with Gasteiger partial charge in [-0.15, -0.1) is 0 Å². The minimum absolute atomic E-state index is 0.209. The highest BCUT2D eigenvalue weighted by Gasteiger charge is 2.16. The van der Waals surface area contributed by atoms with E-state index in [1.165, 1.54) is 0 Å². The van der Waals surface area contributed by atoms with Crippen molar-refractivity contribution in [3.8, 4) is 11.5 Å². The number of ether oxygens (including phenoxy) is 2. The lowest BCUT2D eigenvalue weighted by Crippen LogP contribution is -2.26. The molecule has 1 aromatic rings. The molecule has 0 fully saturated rings. The van der Waals surface area contributed by atoms with Crippen LogP contribution in [0, 0.1) is 0 Å². The Bertz CT molecular complexity index is 354. The van der Waals surface area contributed by atoms with Crippen LogP contribution in [0.5, 0.6) is 11.5 Å². The SMILES string of the molecule is CC(CCO)NCc1cccc2c1OCO2. The summed E-state index contributed by atoms with van der Waals surface area (Å²) in [5.41, 5.74) is 1.10. The molecule has 1 atom stereocenters. The average molecular weight is 223 g/mol. The van der Waals surface area contributed by atoms with Gasteiger partial charge in [-0.05, 0) is 19.4 Å². The summed E-state index contributed by atoms with van der Waals surface area (Å²) >= 11 is 0. The second-order valence-electron chi connectivity index (χ2n) is 3.95. The Morgan fingerprint density at radius 3 is 3.12 bits per heavy atom. The van der Waals surface area contributed by atoms with Crippen molar-refractivity contribution in [3.63, 3.8) is 0 Å². The van der Waals surface area contributed by atoms with Crippen LogP contribution in [-0.2, 0) is 6.54 Å². The maximum atomic E-state index is 8.80. The van der Waals surface area contributed by atoms with Crippen molar-refractivity contribution in [2.75, 3.05) is 13.4 Å². The van der Waals surface area contributed by atoms with Crippen LogP contribution in [0.3, 0.4) is 0 Å². The summed E-state index contributed by atoms with van der Waals surface area (Å²) in [4.78, 5) is 0. The van der Waals surface area contributed by atoms with E-state index in [0.717, 1.165) is 30.0 Å². The molecular weight excluding hydrogens is 206 g/mol. The fourth-order valence-electron chi connectivity index (χ4n) is 1.71. The second-order valence-corrected chi connectivity index (χ2v) is 3.95. The molecule has 0 saturated carbocycles. The molecule has 2 N–H and O–H groups in total. The summed E-state index contributed by atoms with van der Waals surface area (Å²) in [6.45, 7) is 3.30. The first kappa shape index (κ1) is 11.2. The van der Waals surface area contributed by atoms with Crippen LogP contribution in [0.4, 0.5) is 0 Å². The third kappa shape index (κ3) is 2.46. The highest BCUT2D eigenvalue weighted by Crippen LogP contribution is 2.35. The van der Waals surface area contributed by atoms with E-state index in [2.05, 4.69) is 12.2 Å². The van der Waals surface area contributed by atoms with Crippen LogP contribution >= 0.6 is 0 Å². The number of hydrogen-bond acceptors (Lipinski definition) is 4. The predicted octanol–water partition coefficient (Wildman–Crippen LogP) is 1.28. The van der Waals surface area contributed by atoms with Gasteiger partial charge in [-0.2, -0.15) is 0 Å². The molecule has 16 heavy (non-hydrogen) atoms. The third-order valence-electron chi connectivity index (χ3n) is 2.68. The number of aliphatic hydroxyl groups excluding tert-OH is 1. The van der Waals surface area contributed by atoms with E-state index in [4.69, 9.17) is 14.6 Å². The fraction of sp³-hybridized carbons (Fsp3) is 0.500. The summed E-state index contributed by atoms with van der Waals surface area (Å²) < 4.78 is 10.7. The second kappa shape index (κ2) is 5.18. The number of aliphatic hydroxyl groups is 1. The van der Waals surface area contributed by atoms with E-state index in [1.807, 2.05) is 18.2 Å². The zero-order valence-corrected chi connectivity index (χ0v) is 9.40. The van der Waals surface area contributed by atoms with Gasteiger partial charge in [0, 0.05) is 24.8 Å². The summed E-state index contributed by atoms with van der Waals surface area (Å²) in [7, 11) is 0. The molecule has 0 bridgehead atoms. The topological polar surface area (TPSA) is 50.7 Å². The van der Waals surface area contributed by atoms with Gasteiger partial charge in [-0.25, -0.2) is 0 Å². The van der Waals surface area contributed by atoms with Crippen LogP contribution in [0.1, 0.15) is 18.9 Å². The van der Waals surface area contributed by atoms with Crippen molar-refractivity contribution in [1.29, 1.82) is 0 Å². The lowest BCUT2D eigenvalue weighted by atomic mass is 10.1. The standard InChI is InChI=1S/C12H17NO3/c1-9(5-6-14)13-7-10-3-2-4-11-12(10)16-8-15-11/h2-4,9,13-14H,5-8H2,1H3. The van der Waals surface area contributed by atoms with E-state index in [1.54, 1.807) is 0 Å². The molecule has 0 aromatic heterocycles. The van der Waals surface area contributed by atoms with E-state index in [0.29, 0.717) is 12.8 Å². The van der Waals surface area contributed by atoms with Crippen molar-refractivity contribution in [3.05, 3.63) is 23.8 Å². The normalized spacial score (nSPS) is 15.1. The fourth-order valence-corrected chi connectivity index (χ4v) is 1.71. The molecule has 0 amide bonds. The zero-order valence-electron chi connectivity index (χ0n) is 9.40. The Labute approximate surface area is 95.2 Å². The van der Waals surface area contributed by atoms with E-state index in [-0.39, 0.29) is 6.61 Å². The van der Waals surface area contributed by atoms with Crippen LogP contribution in [-0.4, -0.2) is 24.5 Å². The molecular formula is C12H17NO3. The average Bonchev–Trinajstić information content (AvgIpc) is 2.75. The lowest BCUT2D eigenvalue weighted by molar-refractivity contribution is 0.173. The number of fused-ring (bicyclic) bond motifs is 1. The van der Waals surface area contributed by atoms with Gasteiger partial charge >= 0.3 is 0 Å². The maximum absolute atomic E-state index is 8.80. The Kier molecular flexibility index (Phi) is 3.64. The molecule has 0 aliphatic carbocycles. The van der Waals surface area contributed by atoms with Crippen molar-refractivity contribution < 1.29 is 14.6 Å². The number of rotatable bonds is 5. The van der Waals surface area contributed by atoms with Gasteiger partial charge in [-0.1, -0.05) is 12.1 Å². The first-order chi connectivity index (χ1) is 7.81. The van der Waals surface area contributed by atoms with Gasteiger partial charge in [0.1, 0.15) is 0 Å². The van der Waals surface area contributed by atoms with Gasteiger partial charge < -0.3 is 19.9 Å². The largest absolute Gasteiger partial charge is 0.454 e. The first-order valence-electron chi connectivity index (χ1n) is 5.53. The predicted molar refractivity (Wildman–Crippen MR) is 60.6 cm³/mol. The van der Waals surface area contributed by atoms with Gasteiger partial charge in [0.25, 0.3) is 0 Å². The van der Waals surface area contributed by atoms with Crippen molar-refractivity contribution >= 4 is 0 Å². The molecule has 4 nitrogen and oxygen atoms in total. The lowest BCUT2D eigenvalue weighted by Gasteiger charge is -2.13. The van der Waals surface area contributed by atoms with E-state index in [9.17, 15) is 0 Å². The maximum Gasteiger partial charge on any atom is 0.231 e. The van der Waals surface area contributed by atoms with Crippen LogP contribution in [0.25, 0.3) is 0 Å². The van der Waals surface area contributed by atoms with Gasteiger partial charge in [-0.3, -0.25) is 0 Å². The Balaban J connectivity index is 1.97. The van der Waals surface area contributed by atoms with E-state index >= 15 is 0 Å². The highest BCUT2D eigenvalue weighted by molar-refractivity contribution is 5.48. The smallest absolute Gasteiger partial charge is 0.231 e. The molecule has 0 saturated heterocycles. The summed E-state index contributed by atoms with van der Waals surface area (Å²) in [5.74, 6) is 1.65. The molecule has 4 heteroatoms. The van der Waals surface area contributed by atoms with Crippen molar-refractivity contribution in [2.24, 2.45) is 0 Å². The molecule has 2 rings (SSSR count). The number of benzene rings is 1. The number of nitrogens with one attached hydrogen (secondary N) is 1. The summed E-state index contributed by atoms with van der Waals surface area (Å²) in [6, 6.07) is 6.18. The summed E-state index contributed by atoms with van der Waals surface area (Å²) in [6.07, 6.45) is 0.756. The Morgan fingerprint density at radius 1 is 1.44 bits per heavy atom. The van der Waals surface area contributed by atoms with Crippen molar-refractivity contribution in [1.82, 2.24) is 5.32 Å². The molecule has 1 unspecified atom stereocenters.